The molecule has 0 atom stereocenters. The maximum Gasteiger partial charge on any atom is 0.234 e. The number of pyridine rings is 1. The second-order valence-corrected chi connectivity index (χ2v) is 4.24. The Morgan fingerprint density at radius 2 is 2.00 bits per heavy atom. The lowest BCUT2D eigenvalue weighted by Gasteiger charge is -1.94. The number of nitrogens with zero attached hydrogens (tertiary/aromatic N) is 5. The molecule has 0 bridgehead atoms. The Hall–Kier alpha value is -1.82. The molecule has 0 saturated heterocycles. The fraction of sp³-hybridized carbons (Fsp3) is 0.111. The molecule has 3 rings (SSSR count). The third-order valence-electron chi connectivity index (χ3n) is 2.03. The maximum absolute atomic E-state index is 4.34. The summed E-state index contributed by atoms with van der Waals surface area (Å²) in [7, 11) is 0. The van der Waals surface area contributed by atoms with Crippen LogP contribution < -0.4 is 0 Å². The maximum atomic E-state index is 4.34. The Balaban J connectivity index is 2.27. The fourth-order valence-corrected chi connectivity index (χ4v) is 2.08. The van der Waals surface area contributed by atoms with E-state index in [9.17, 15) is 0 Å². The Kier molecular flexibility index (Phi) is 1.75. The van der Waals surface area contributed by atoms with E-state index in [1.165, 1.54) is 11.3 Å². The van der Waals surface area contributed by atoms with Gasteiger partial charge in [0.05, 0.1) is 0 Å². The van der Waals surface area contributed by atoms with Crippen LogP contribution in [0.25, 0.3) is 16.3 Å². The number of aryl methyl sites for hydroxylation is 1. The molecule has 0 spiro atoms. The SMILES string of the molecule is Cc1nn2c(-c3ccncc3)nnc2s1. The second-order valence-electron chi connectivity index (χ2n) is 3.07. The van der Waals surface area contributed by atoms with E-state index in [0.717, 1.165) is 21.4 Å². The monoisotopic (exact) mass is 217 g/mol. The lowest BCUT2D eigenvalue weighted by Crippen LogP contribution is -1.90. The summed E-state index contributed by atoms with van der Waals surface area (Å²) in [5.41, 5.74) is 0.975. The van der Waals surface area contributed by atoms with Crippen molar-refractivity contribution in [2.45, 2.75) is 6.92 Å². The number of fused-ring (bicyclic) bond motifs is 1. The van der Waals surface area contributed by atoms with Crippen molar-refractivity contribution in [3.8, 4) is 11.4 Å². The summed E-state index contributed by atoms with van der Waals surface area (Å²) in [5.74, 6) is 0.761. The molecule has 0 N–H and O–H groups in total. The van der Waals surface area contributed by atoms with Gasteiger partial charge in [0.1, 0.15) is 5.01 Å². The molecule has 0 amide bonds. The predicted molar refractivity (Wildman–Crippen MR) is 56.6 cm³/mol. The molecule has 0 unspecified atom stereocenters. The minimum absolute atomic E-state index is 0.761. The molecule has 0 saturated carbocycles. The van der Waals surface area contributed by atoms with Crippen molar-refractivity contribution < 1.29 is 0 Å². The molecule has 3 aromatic heterocycles. The van der Waals surface area contributed by atoms with Gasteiger partial charge in [-0.25, -0.2) is 0 Å². The summed E-state index contributed by atoms with van der Waals surface area (Å²) in [6.07, 6.45) is 3.46. The van der Waals surface area contributed by atoms with Gasteiger partial charge in [0, 0.05) is 18.0 Å². The van der Waals surface area contributed by atoms with E-state index in [1.54, 1.807) is 16.9 Å². The van der Waals surface area contributed by atoms with Crippen LogP contribution in [0.15, 0.2) is 24.5 Å². The Morgan fingerprint density at radius 3 is 2.80 bits per heavy atom. The highest BCUT2D eigenvalue weighted by molar-refractivity contribution is 7.16. The molecule has 5 nitrogen and oxygen atoms in total. The van der Waals surface area contributed by atoms with Crippen molar-refractivity contribution in [3.63, 3.8) is 0 Å². The van der Waals surface area contributed by atoms with Gasteiger partial charge in [-0.1, -0.05) is 11.3 Å². The summed E-state index contributed by atoms with van der Waals surface area (Å²) in [5, 5.41) is 13.5. The van der Waals surface area contributed by atoms with Crippen LogP contribution >= 0.6 is 11.3 Å². The third-order valence-corrected chi connectivity index (χ3v) is 2.84. The quantitative estimate of drug-likeness (QED) is 0.620. The molecule has 3 aromatic rings. The minimum atomic E-state index is 0.761. The standard InChI is InChI=1S/C9H7N5S/c1-6-13-14-8(11-12-9(14)15-6)7-2-4-10-5-3-7/h2-5H,1H3. The van der Waals surface area contributed by atoms with Gasteiger partial charge >= 0.3 is 0 Å². The molecule has 0 aromatic carbocycles. The molecule has 3 heterocycles. The zero-order chi connectivity index (χ0) is 10.3. The summed E-state index contributed by atoms with van der Waals surface area (Å²) in [6, 6.07) is 3.79. The number of hydrogen-bond donors (Lipinski definition) is 0. The molecule has 0 aliphatic heterocycles. The Bertz CT molecular complexity index is 597. The molecule has 6 heteroatoms. The molecule has 74 valence electrons. The van der Waals surface area contributed by atoms with Gasteiger partial charge in [-0.05, 0) is 19.1 Å². The topological polar surface area (TPSA) is 56.0 Å². The highest BCUT2D eigenvalue weighted by atomic mass is 32.1. The highest BCUT2D eigenvalue weighted by Crippen LogP contribution is 2.19. The van der Waals surface area contributed by atoms with Crippen LogP contribution in [-0.2, 0) is 0 Å². The third kappa shape index (κ3) is 1.30. The first-order valence-electron chi connectivity index (χ1n) is 4.44. The van der Waals surface area contributed by atoms with E-state index in [0.29, 0.717) is 0 Å². The van der Waals surface area contributed by atoms with Gasteiger partial charge in [-0.15, -0.1) is 10.2 Å². The Labute approximate surface area is 89.4 Å². The van der Waals surface area contributed by atoms with Crippen LogP contribution in [-0.4, -0.2) is 24.8 Å². The van der Waals surface area contributed by atoms with E-state index in [2.05, 4.69) is 20.3 Å². The van der Waals surface area contributed by atoms with Gasteiger partial charge in [0.15, 0.2) is 5.82 Å². The van der Waals surface area contributed by atoms with Crippen molar-refractivity contribution in [1.82, 2.24) is 24.8 Å². The van der Waals surface area contributed by atoms with E-state index < -0.39 is 0 Å². The van der Waals surface area contributed by atoms with Gasteiger partial charge in [-0.3, -0.25) is 4.98 Å². The fourth-order valence-electron chi connectivity index (χ4n) is 1.39. The number of hydrogen-bond acceptors (Lipinski definition) is 5. The molecule has 0 aliphatic rings. The lowest BCUT2D eigenvalue weighted by molar-refractivity contribution is 0.940. The van der Waals surface area contributed by atoms with Gasteiger partial charge in [0.25, 0.3) is 0 Å². The molecule has 0 fully saturated rings. The molecular formula is C9H7N5S. The predicted octanol–water partition coefficient (Wildman–Crippen LogP) is 1.56. The van der Waals surface area contributed by atoms with Gasteiger partial charge < -0.3 is 0 Å². The van der Waals surface area contributed by atoms with Crippen LogP contribution in [0.2, 0.25) is 0 Å². The summed E-state index contributed by atoms with van der Waals surface area (Å²) in [4.78, 5) is 4.78. The van der Waals surface area contributed by atoms with Crippen LogP contribution in [0.1, 0.15) is 5.01 Å². The first-order valence-corrected chi connectivity index (χ1v) is 5.25. The lowest BCUT2D eigenvalue weighted by atomic mass is 10.2. The van der Waals surface area contributed by atoms with E-state index >= 15 is 0 Å². The van der Waals surface area contributed by atoms with E-state index in [-0.39, 0.29) is 0 Å². The molecule has 15 heavy (non-hydrogen) atoms. The van der Waals surface area contributed by atoms with Crippen molar-refractivity contribution in [2.75, 3.05) is 0 Å². The van der Waals surface area contributed by atoms with E-state index in [1.807, 2.05) is 19.1 Å². The molecule has 0 aliphatic carbocycles. The molecule has 0 radical (unpaired) electrons. The highest BCUT2D eigenvalue weighted by Gasteiger charge is 2.10. The van der Waals surface area contributed by atoms with E-state index in [4.69, 9.17) is 0 Å². The minimum Gasteiger partial charge on any atom is -0.265 e. The van der Waals surface area contributed by atoms with Crippen LogP contribution in [0.5, 0.6) is 0 Å². The van der Waals surface area contributed by atoms with Gasteiger partial charge in [0.2, 0.25) is 4.96 Å². The van der Waals surface area contributed by atoms with Crippen LogP contribution in [0, 0.1) is 6.92 Å². The first-order chi connectivity index (χ1) is 7.34. The first kappa shape index (κ1) is 8.49. The zero-order valence-corrected chi connectivity index (χ0v) is 8.77. The van der Waals surface area contributed by atoms with Crippen molar-refractivity contribution in [1.29, 1.82) is 0 Å². The average Bonchev–Trinajstić information content (AvgIpc) is 2.77. The Morgan fingerprint density at radius 1 is 1.20 bits per heavy atom. The normalized spacial score (nSPS) is 11.0. The van der Waals surface area contributed by atoms with Crippen LogP contribution in [0.4, 0.5) is 0 Å². The summed E-state index contributed by atoms with van der Waals surface area (Å²) >= 11 is 1.53. The molecular weight excluding hydrogens is 210 g/mol. The summed E-state index contributed by atoms with van der Waals surface area (Å²) < 4.78 is 1.76. The second kappa shape index (κ2) is 3.09. The summed E-state index contributed by atoms with van der Waals surface area (Å²) in [6.45, 7) is 1.95. The largest absolute Gasteiger partial charge is 0.265 e. The van der Waals surface area contributed by atoms with Gasteiger partial charge in [-0.2, -0.15) is 9.61 Å². The van der Waals surface area contributed by atoms with Crippen molar-refractivity contribution in [3.05, 3.63) is 29.5 Å². The number of aromatic nitrogens is 5. The zero-order valence-electron chi connectivity index (χ0n) is 7.95. The average molecular weight is 217 g/mol. The van der Waals surface area contributed by atoms with Crippen LogP contribution in [0.3, 0.4) is 0 Å². The number of rotatable bonds is 1. The van der Waals surface area contributed by atoms with Crippen molar-refractivity contribution >= 4 is 16.3 Å². The van der Waals surface area contributed by atoms with Crippen molar-refractivity contribution in [2.24, 2.45) is 0 Å². The smallest absolute Gasteiger partial charge is 0.234 e.